The third-order valence-corrected chi connectivity index (χ3v) is 3.45. The van der Waals surface area contributed by atoms with Crippen molar-refractivity contribution in [3.05, 3.63) is 53.3 Å². The summed E-state index contributed by atoms with van der Waals surface area (Å²) in [6.45, 7) is 6.22. The largest absolute Gasteiger partial charge is 0.457 e. The molecule has 6 nitrogen and oxygen atoms in total. The van der Waals surface area contributed by atoms with E-state index in [0.29, 0.717) is 12.1 Å². The van der Waals surface area contributed by atoms with Crippen LogP contribution < -0.4 is 5.32 Å². The van der Waals surface area contributed by atoms with E-state index in [0.717, 1.165) is 11.1 Å². The smallest absolute Gasteiger partial charge is 0.338 e. The van der Waals surface area contributed by atoms with Gasteiger partial charge in [-0.25, -0.2) is 4.79 Å². The van der Waals surface area contributed by atoms with Crippen molar-refractivity contribution < 1.29 is 14.3 Å². The minimum absolute atomic E-state index is 0.0116. The summed E-state index contributed by atoms with van der Waals surface area (Å²) in [6, 6.07) is 7.02. The Kier molecular flexibility index (Phi) is 5.39. The molecule has 1 amide bonds. The number of hydrogen-bond acceptors (Lipinski definition) is 4. The van der Waals surface area contributed by atoms with Gasteiger partial charge in [-0.2, -0.15) is 5.10 Å². The van der Waals surface area contributed by atoms with Gasteiger partial charge in [-0.15, -0.1) is 0 Å². The van der Waals surface area contributed by atoms with Gasteiger partial charge in [0.25, 0.3) is 0 Å². The summed E-state index contributed by atoms with van der Waals surface area (Å²) in [4.78, 5) is 23.9. The lowest BCUT2D eigenvalue weighted by atomic mass is 9.95. The number of esters is 1. The SMILES string of the molecule is Cn1cc(COC(=O)c2ccc(CNC(=O)C(C)(C)C)cc2)cn1. The molecule has 2 rings (SSSR count). The first kappa shape index (κ1) is 17.7. The molecule has 1 aromatic carbocycles. The molecule has 1 heterocycles. The summed E-state index contributed by atoms with van der Waals surface area (Å²) in [5, 5.41) is 6.89. The average molecular weight is 329 g/mol. The fourth-order valence-electron chi connectivity index (χ4n) is 1.98. The first-order valence-corrected chi connectivity index (χ1v) is 7.77. The normalized spacial score (nSPS) is 11.2. The van der Waals surface area contributed by atoms with Crippen LogP contribution in [0.25, 0.3) is 0 Å². The van der Waals surface area contributed by atoms with Crippen LogP contribution in [0.1, 0.15) is 42.3 Å². The Morgan fingerprint density at radius 1 is 1.17 bits per heavy atom. The first-order chi connectivity index (χ1) is 11.3. The molecule has 1 aromatic heterocycles. The van der Waals surface area contributed by atoms with Crippen LogP contribution in [0, 0.1) is 5.41 Å². The molecule has 1 N–H and O–H groups in total. The molecule has 0 fully saturated rings. The van der Waals surface area contributed by atoms with E-state index in [1.54, 1.807) is 29.2 Å². The van der Waals surface area contributed by atoms with Crippen LogP contribution in [0.2, 0.25) is 0 Å². The number of amides is 1. The Morgan fingerprint density at radius 3 is 2.38 bits per heavy atom. The van der Waals surface area contributed by atoms with E-state index < -0.39 is 5.41 Å². The monoisotopic (exact) mass is 329 g/mol. The molecule has 0 aliphatic carbocycles. The second kappa shape index (κ2) is 7.29. The van der Waals surface area contributed by atoms with Crippen LogP contribution in [0.15, 0.2) is 36.7 Å². The van der Waals surface area contributed by atoms with Gasteiger partial charge in [0.15, 0.2) is 0 Å². The number of nitrogens with one attached hydrogen (secondary N) is 1. The quantitative estimate of drug-likeness (QED) is 0.855. The predicted molar refractivity (Wildman–Crippen MR) is 90.1 cm³/mol. The molecule has 24 heavy (non-hydrogen) atoms. The van der Waals surface area contributed by atoms with Crippen molar-refractivity contribution in [2.45, 2.75) is 33.9 Å². The molecule has 128 valence electrons. The summed E-state index contributed by atoms with van der Waals surface area (Å²) in [5.41, 5.74) is 1.82. The topological polar surface area (TPSA) is 73.2 Å². The van der Waals surface area contributed by atoms with Gasteiger partial charge in [-0.1, -0.05) is 32.9 Å². The van der Waals surface area contributed by atoms with Gasteiger partial charge in [0, 0.05) is 30.8 Å². The van der Waals surface area contributed by atoms with Gasteiger partial charge in [0.2, 0.25) is 5.91 Å². The molecular weight excluding hydrogens is 306 g/mol. The molecule has 0 aliphatic heterocycles. The minimum atomic E-state index is -0.421. The summed E-state index contributed by atoms with van der Waals surface area (Å²) in [5.74, 6) is -0.397. The molecule has 0 saturated heterocycles. The van der Waals surface area contributed by atoms with Crippen LogP contribution in [0.5, 0.6) is 0 Å². The number of aryl methyl sites for hydroxylation is 1. The molecule has 0 saturated carbocycles. The number of nitrogens with zero attached hydrogens (tertiary/aromatic N) is 2. The summed E-state index contributed by atoms with van der Waals surface area (Å²) in [7, 11) is 1.81. The Morgan fingerprint density at radius 2 is 1.83 bits per heavy atom. The van der Waals surface area contributed by atoms with Crippen molar-refractivity contribution in [1.29, 1.82) is 0 Å². The van der Waals surface area contributed by atoms with Crippen molar-refractivity contribution in [2.75, 3.05) is 0 Å². The maximum absolute atomic E-state index is 12.0. The van der Waals surface area contributed by atoms with Crippen LogP contribution in [0.3, 0.4) is 0 Å². The Bertz CT molecular complexity index is 712. The molecule has 0 radical (unpaired) electrons. The zero-order valence-corrected chi connectivity index (χ0v) is 14.5. The molecule has 6 heteroatoms. The molecule has 0 spiro atoms. The summed E-state index contributed by atoms with van der Waals surface area (Å²) in [6.07, 6.45) is 3.46. The lowest BCUT2D eigenvalue weighted by Crippen LogP contribution is -2.34. The minimum Gasteiger partial charge on any atom is -0.457 e. The third kappa shape index (κ3) is 4.94. The van der Waals surface area contributed by atoms with E-state index >= 15 is 0 Å². The lowest BCUT2D eigenvalue weighted by Gasteiger charge is -2.17. The number of benzene rings is 1. The van der Waals surface area contributed by atoms with Gasteiger partial charge in [-0.05, 0) is 17.7 Å². The Hall–Kier alpha value is -2.63. The zero-order chi connectivity index (χ0) is 17.7. The van der Waals surface area contributed by atoms with Crippen molar-refractivity contribution in [3.63, 3.8) is 0 Å². The maximum atomic E-state index is 12.0. The molecule has 0 atom stereocenters. The number of carbonyl (C=O) groups excluding carboxylic acids is 2. The third-order valence-electron chi connectivity index (χ3n) is 3.45. The van der Waals surface area contributed by atoms with E-state index in [4.69, 9.17) is 4.74 Å². The number of aromatic nitrogens is 2. The van der Waals surface area contributed by atoms with E-state index in [9.17, 15) is 9.59 Å². The van der Waals surface area contributed by atoms with Gasteiger partial charge in [0.1, 0.15) is 6.61 Å². The number of carbonyl (C=O) groups is 2. The lowest BCUT2D eigenvalue weighted by molar-refractivity contribution is -0.128. The highest BCUT2D eigenvalue weighted by molar-refractivity contribution is 5.89. The van der Waals surface area contributed by atoms with Crippen molar-refractivity contribution in [3.8, 4) is 0 Å². The average Bonchev–Trinajstić information content (AvgIpc) is 2.95. The molecule has 0 aliphatic rings. The standard InChI is InChI=1S/C18H23N3O3/c1-18(2,3)17(23)19-9-13-5-7-15(8-6-13)16(22)24-12-14-10-20-21(4)11-14/h5-8,10-11H,9,12H2,1-4H3,(H,19,23). The fraction of sp³-hybridized carbons (Fsp3) is 0.389. The van der Waals surface area contributed by atoms with Gasteiger partial charge in [-0.3, -0.25) is 9.48 Å². The summed E-state index contributed by atoms with van der Waals surface area (Å²) < 4.78 is 6.90. The molecule has 0 unspecified atom stereocenters. The first-order valence-electron chi connectivity index (χ1n) is 7.77. The maximum Gasteiger partial charge on any atom is 0.338 e. The predicted octanol–water partition coefficient (Wildman–Crippen LogP) is 2.44. The van der Waals surface area contributed by atoms with Crippen molar-refractivity contribution in [1.82, 2.24) is 15.1 Å². The van der Waals surface area contributed by atoms with Gasteiger partial charge >= 0.3 is 5.97 Å². The van der Waals surface area contributed by atoms with Gasteiger partial charge < -0.3 is 10.1 Å². The van der Waals surface area contributed by atoms with Crippen molar-refractivity contribution >= 4 is 11.9 Å². The molecule has 2 aromatic rings. The van der Waals surface area contributed by atoms with Crippen LogP contribution in [-0.2, 0) is 29.7 Å². The second-order valence-corrected chi connectivity index (χ2v) is 6.73. The highest BCUT2D eigenvalue weighted by Crippen LogP contribution is 2.13. The van der Waals surface area contributed by atoms with Crippen molar-refractivity contribution in [2.24, 2.45) is 12.5 Å². The van der Waals surface area contributed by atoms with Crippen LogP contribution in [-0.4, -0.2) is 21.7 Å². The highest BCUT2D eigenvalue weighted by atomic mass is 16.5. The van der Waals surface area contributed by atoms with E-state index in [1.807, 2.05) is 40.0 Å². The fourth-order valence-corrected chi connectivity index (χ4v) is 1.98. The number of rotatable bonds is 5. The van der Waals surface area contributed by atoms with E-state index in [-0.39, 0.29) is 18.5 Å². The highest BCUT2D eigenvalue weighted by Gasteiger charge is 2.20. The van der Waals surface area contributed by atoms with Crippen LogP contribution in [0.4, 0.5) is 0 Å². The molecule has 0 bridgehead atoms. The number of ether oxygens (including phenoxy) is 1. The second-order valence-electron chi connectivity index (χ2n) is 6.73. The van der Waals surface area contributed by atoms with Crippen LogP contribution >= 0.6 is 0 Å². The molecular formula is C18H23N3O3. The van der Waals surface area contributed by atoms with Gasteiger partial charge in [0.05, 0.1) is 11.8 Å². The van der Waals surface area contributed by atoms with E-state index in [2.05, 4.69) is 10.4 Å². The Labute approximate surface area is 141 Å². The summed E-state index contributed by atoms with van der Waals surface area (Å²) >= 11 is 0. The number of hydrogen-bond donors (Lipinski definition) is 1. The zero-order valence-electron chi connectivity index (χ0n) is 14.5. The van der Waals surface area contributed by atoms with E-state index in [1.165, 1.54) is 0 Å². The Balaban J connectivity index is 1.86.